The summed E-state index contributed by atoms with van der Waals surface area (Å²) in [5.41, 5.74) is -7.62. The predicted octanol–water partition coefficient (Wildman–Crippen LogP) is 7.00. The summed E-state index contributed by atoms with van der Waals surface area (Å²) in [6.07, 6.45) is -10.5. The lowest BCUT2D eigenvalue weighted by atomic mass is 9.48. The van der Waals surface area contributed by atoms with Crippen LogP contribution in [0.5, 0.6) is 0 Å². The summed E-state index contributed by atoms with van der Waals surface area (Å²) in [5.74, 6) is -6.11. The monoisotopic (exact) mass is 1010 g/mol. The van der Waals surface area contributed by atoms with Crippen molar-refractivity contribution in [3.63, 3.8) is 0 Å². The zero-order valence-electron chi connectivity index (χ0n) is 38.6. The first-order valence-corrected chi connectivity index (χ1v) is 23.2. The molecule has 17 nitrogen and oxygen atoms in total. The number of hydrogen-bond acceptors (Lipinski definition) is 16. The summed E-state index contributed by atoms with van der Waals surface area (Å²) in [6.45, 7) is 10.8. The van der Waals surface area contributed by atoms with Gasteiger partial charge in [-0.3, -0.25) is 14.4 Å². The molecule has 2 N–H and O–H groups in total. The lowest BCUT2D eigenvalue weighted by Crippen LogP contribution is -2.78. The fourth-order valence-corrected chi connectivity index (χ4v) is 11.0. The molecule has 1 saturated heterocycles. The van der Waals surface area contributed by atoms with Crippen molar-refractivity contribution in [2.24, 2.45) is 22.7 Å². The summed E-state index contributed by atoms with van der Waals surface area (Å²) in [6, 6.07) is 14.3. The molecule has 1 aliphatic heterocycles. The Bertz CT molecular complexity index is 2380. The van der Waals surface area contributed by atoms with Crippen molar-refractivity contribution < 1.29 is 76.6 Å². The van der Waals surface area contributed by atoms with E-state index in [4.69, 9.17) is 72.7 Å². The van der Waals surface area contributed by atoms with Gasteiger partial charge in [0.15, 0.2) is 17.5 Å². The Kier molecular flexibility index (Phi) is 13.8. The van der Waals surface area contributed by atoms with E-state index in [0.717, 1.165) is 6.92 Å². The molecule has 0 aromatic heterocycles. The Morgan fingerprint density at radius 2 is 1.53 bits per heavy atom. The molecule has 68 heavy (non-hydrogen) atoms. The van der Waals surface area contributed by atoms with Gasteiger partial charge in [-0.25, -0.2) is 19.2 Å². The number of Topliss-reactive ketones (excluding diaryl/α,β-unsaturated/α-hetero) is 1. The molecule has 2 bridgehead atoms. The predicted molar refractivity (Wildman–Crippen MR) is 240 cm³/mol. The summed E-state index contributed by atoms with van der Waals surface area (Å²) >= 11 is 17.5. The smallest absolute Gasteiger partial charge is 0.455 e. The van der Waals surface area contributed by atoms with Crippen LogP contribution in [0.3, 0.4) is 0 Å². The van der Waals surface area contributed by atoms with Gasteiger partial charge in [-0.05, 0) is 75.3 Å². The molecule has 3 saturated carbocycles. The van der Waals surface area contributed by atoms with Crippen molar-refractivity contribution >= 4 is 76.7 Å². The quantitative estimate of drug-likeness (QED) is 0.100. The number of alkyl carbamates (subject to hydrolysis) is 1. The van der Waals surface area contributed by atoms with Gasteiger partial charge < -0.3 is 48.3 Å². The van der Waals surface area contributed by atoms with Crippen LogP contribution in [0.2, 0.25) is 0 Å². The number of amides is 1. The Hall–Kier alpha value is -4.94. The van der Waals surface area contributed by atoms with Gasteiger partial charge in [0.2, 0.25) is 9.90 Å². The number of nitrogens with one attached hydrogen (secondary N) is 1. The van der Waals surface area contributed by atoms with Gasteiger partial charge in [0.25, 0.3) is 0 Å². The van der Waals surface area contributed by atoms with Crippen LogP contribution in [0.1, 0.15) is 96.6 Å². The van der Waals surface area contributed by atoms with Crippen LogP contribution in [0, 0.1) is 22.7 Å². The highest BCUT2D eigenvalue weighted by Gasteiger charge is 2.84. The third-order valence-corrected chi connectivity index (χ3v) is 14.1. The first-order chi connectivity index (χ1) is 31.6. The van der Waals surface area contributed by atoms with E-state index in [1.807, 2.05) is 0 Å². The zero-order valence-corrected chi connectivity index (χ0v) is 40.9. The van der Waals surface area contributed by atoms with Crippen LogP contribution < -0.4 is 5.32 Å². The number of ketones is 1. The van der Waals surface area contributed by atoms with Crippen molar-refractivity contribution in [2.45, 2.75) is 132 Å². The molecule has 11 atom stereocenters. The van der Waals surface area contributed by atoms with E-state index in [2.05, 4.69) is 5.32 Å². The minimum atomic E-state index is -2.36. The maximum Gasteiger partial charge on any atom is 0.509 e. The normalized spacial score (nSPS) is 30.9. The number of alkyl halides is 3. The van der Waals surface area contributed by atoms with E-state index in [1.165, 1.54) is 38.1 Å². The molecule has 7 rings (SSSR count). The van der Waals surface area contributed by atoms with Crippen molar-refractivity contribution in [1.82, 2.24) is 5.32 Å². The fraction of sp³-hybridized carbons (Fsp3) is 0.562. The lowest BCUT2D eigenvalue weighted by molar-refractivity contribution is -0.323. The Labute approximate surface area is 407 Å². The molecule has 1 spiro atoms. The van der Waals surface area contributed by atoms with Gasteiger partial charge in [0.1, 0.15) is 42.2 Å². The van der Waals surface area contributed by atoms with Gasteiger partial charge in [0.05, 0.1) is 18.1 Å². The summed E-state index contributed by atoms with van der Waals surface area (Å²) in [7, 11) is 0. The van der Waals surface area contributed by atoms with Crippen LogP contribution in [0.15, 0.2) is 71.8 Å². The number of carbonyl (C=O) groups is 7. The number of halogens is 3. The van der Waals surface area contributed by atoms with E-state index in [0.29, 0.717) is 0 Å². The number of carbonyl (C=O) groups excluding carboxylic acids is 7. The standard InChI is InChI=1S/C48H54Cl3NO16/c1-24-30(64-40(57)35(65-42(59)62-23-48(49,50)51)33(27-15-11-9-12-16-27)52-41(58)68-43(4,5)6)21-47(60)38(66-39(56)28-17-13-10-14-18-28)36-45(37(55)34(63-25(2)53)32(24)44(47,7)8)20-29(45)19-31-46(36,22-61-31)67-26(3)54/h9-18,29-31,33-36,38,60H,19-23H2,1-8H3,(H,52,58)/t29?,30?,31?,33-,34+,35?,36?,38-,45?,46-,47+/m0/s1. The molecular weight excluding hydrogens is 953 g/mol. The Morgan fingerprint density at radius 1 is 0.897 bits per heavy atom. The number of rotatable bonds is 11. The number of hydrogen-bond donors (Lipinski definition) is 2. The average Bonchev–Trinajstić information content (AvgIpc) is 3.97. The van der Waals surface area contributed by atoms with Gasteiger partial charge in [-0.2, -0.15) is 0 Å². The summed E-state index contributed by atoms with van der Waals surface area (Å²) < 4.78 is 45.0. The third-order valence-electron chi connectivity index (χ3n) is 13.7. The van der Waals surface area contributed by atoms with Gasteiger partial charge in [-0.15, -0.1) is 0 Å². The minimum Gasteiger partial charge on any atom is -0.455 e. The molecule has 1 amide bonds. The van der Waals surface area contributed by atoms with Crippen molar-refractivity contribution in [2.75, 3.05) is 13.2 Å². The number of benzene rings is 2. The Balaban J connectivity index is 1.40. The third kappa shape index (κ3) is 9.53. The maximum absolute atomic E-state index is 15.6. The van der Waals surface area contributed by atoms with Crippen molar-refractivity contribution in [3.05, 3.63) is 82.9 Å². The molecule has 2 aromatic carbocycles. The molecule has 0 radical (unpaired) electrons. The molecule has 20 heteroatoms. The van der Waals surface area contributed by atoms with E-state index in [9.17, 15) is 29.1 Å². The Morgan fingerprint density at radius 3 is 2.09 bits per heavy atom. The lowest BCUT2D eigenvalue weighted by Gasteiger charge is -2.64. The average molecular weight is 1010 g/mol. The van der Waals surface area contributed by atoms with Gasteiger partial charge >= 0.3 is 36.1 Å². The molecule has 4 fully saturated rings. The topological polar surface area (TPSA) is 226 Å². The SMILES string of the molecule is CC(=O)O[C@H]1C(=O)C23CC2CC2OC[C@@]2(OC(C)=O)C3[C@H](OC(=O)c2ccccc2)[C@]2(O)CC(OC(=O)C(OC(=O)OCC(Cl)(Cl)Cl)[C@@H](NC(=O)OC(C)(C)C)c3ccccc3)C(C)=C1C2(C)C. The first kappa shape index (κ1) is 50.9. The summed E-state index contributed by atoms with van der Waals surface area (Å²) in [5, 5.41) is 16.5. The number of aliphatic hydroxyl groups is 1. The highest BCUT2D eigenvalue weighted by molar-refractivity contribution is 6.67. The van der Waals surface area contributed by atoms with Crippen LogP contribution in [0.4, 0.5) is 9.59 Å². The zero-order chi connectivity index (χ0) is 49.9. The number of fused-ring (bicyclic) bond motifs is 4. The molecule has 5 aliphatic rings. The molecule has 368 valence electrons. The second-order valence-electron chi connectivity index (χ2n) is 19.6. The molecule has 6 unspecified atom stereocenters. The van der Waals surface area contributed by atoms with Gasteiger partial charge in [-0.1, -0.05) is 97.2 Å². The molecule has 2 aromatic rings. The second kappa shape index (κ2) is 18.4. The maximum atomic E-state index is 15.6. The van der Waals surface area contributed by atoms with E-state index >= 15 is 9.59 Å². The number of esters is 4. The molecule has 4 aliphatic carbocycles. The molecule has 1 heterocycles. The van der Waals surface area contributed by atoms with Crippen molar-refractivity contribution in [3.8, 4) is 0 Å². The first-order valence-electron chi connectivity index (χ1n) is 22.0. The minimum absolute atomic E-state index is 0.0445. The second-order valence-corrected chi connectivity index (χ2v) is 22.1. The van der Waals surface area contributed by atoms with Crippen LogP contribution in [-0.4, -0.2) is 111 Å². The van der Waals surface area contributed by atoms with E-state index in [1.54, 1.807) is 71.0 Å². The highest BCUT2D eigenvalue weighted by Crippen LogP contribution is 2.74. The van der Waals surface area contributed by atoms with Crippen LogP contribution >= 0.6 is 34.8 Å². The fourth-order valence-electron chi connectivity index (χ4n) is 10.8. The number of ether oxygens (including phenoxy) is 8. The van der Waals surface area contributed by atoms with Gasteiger partial charge in [0, 0.05) is 31.1 Å². The van der Waals surface area contributed by atoms with Crippen molar-refractivity contribution in [1.29, 1.82) is 0 Å². The van der Waals surface area contributed by atoms with Crippen LogP contribution in [0.25, 0.3) is 0 Å². The van der Waals surface area contributed by atoms with Crippen LogP contribution in [-0.2, 0) is 57.1 Å². The van der Waals surface area contributed by atoms with E-state index < -0.39 is 135 Å². The molecular formula is C48H54Cl3NO16. The van der Waals surface area contributed by atoms with E-state index in [-0.39, 0.29) is 41.7 Å². The largest absolute Gasteiger partial charge is 0.509 e. The highest BCUT2D eigenvalue weighted by atomic mass is 35.6. The summed E-state index contributed by atoms with van der Waals surface area (Å²) in [4.78, 5) is 98.0.